The highest BCUT2D eigenvalue weighted by Crippen LogP contribution is 2.30. The number of fused-ring (bicyclic) bond motifs is 1. The molecule has 88 valence electrons. The number of aromatic nitrogens is 1. The second kappa shape index (κ2) is 4.70. The van der Waals surface area contributed by atoms with Gasteiger partial charge in [0.1, 0.15) is 5.75 Å². The first-order valence-corrected chi connectivity index (χ1v) is 6.44. The van der Waals surface area contributed by atoms with Crippen LogP contribution in [0.25, 0.3) is 10.9 Å². The van der Waals surface area contributed by atoms with Crippen molar-refractivity contribution < 1.29 is 5.11 Å². The summed E-state index contributed by atoms with van der Waals surface area (Å²) in [6, 6.07) is 17.4. The summed E-state index contributed by atoms with van der Waals surface area (Å²) in [5.74, 6) is 0.286. The molecule has 3 rings (SSSR count). The fourth-order valence-corrected chi connectivity index (χ4v) is 2.68. The zero-order valence-electron chi connectivity index (χ0n) is 9.58. The summed E-state index contributed by atoms with van der Waals surface area (Å²) in [6.07, 6.45) is 1.86. The molecule has 2 aromatic carbocycles. The van der Waals surface area contributed by atoms with Gasteiger partial charge in [-0.2, -0.15) is 0 Å². The van der Waals surface area contributed by atoms with Crippen molar-refractivity contribution in [1.82, 2.24) is 4.98 Å². The Balaban J connectivity index is 1.95. The van der Waals surface area contributed by atoms with Crippen LogP contribution in [0.1, 0.15) is 0 Å². The molecule has 3 heteroatoms. The van der Waals surface area contributed by atoms with E-state index in [0.717, 1.165) is 20.7 Å². The number of aromatic hydroxyl groups is 1. The van der Waals surface area contributed by atoms with Crippen LogP contribution < -0.4 is 0 Å². The van der Waals surface area contributed by atoms with Gasteiger partial charge < -0.3 is 5.11 Å². The molecule has 0 aliphatic heterocycles. The fourth-order valence-electron chi connectivity index (χ4n) is 1.79. The van der Waals surface area contributed by atoms with Crippen LogP contribution in [-0.2, 0) is 0 Å². The molecular weight excluding hydrogens is 242 g/mol. The van der Waals surface area contributed by atoms with E-state index in [4.69, 9.17) is 0 Å². The van der Waals surface area contributed by atoms with Gasteiger partial charge in [0.25, 0.3) is 0 Å². The molecule has 18 heavy (non-hydrogen) atoms. The lowest BCUT2D eigenvalue weighted by molar-refractivity contribution is 0.474. The standard InChI is InChI=1S/C15H11NOS/c17-12-5-3-6-13(9-12)18-14-8-11-4-1-2-7-15(11)16-10-14/h1-10,17H. The number of benzene rings is 2. The SMILES string of the molecule is Oc1cccc(Sc2cnc3ccccc3c2)c1. The molecule has 1 N–H and O–H groups in total. The predicted octanol–water partition coefficient (Wildman–Crippen LogP) is 4.09. The zero-order chi connectivity index (χ0) is 12.4. The molecule has 1 aromatic heterocycles. The van der Waals surface area contributed by atoms with Gasteiger partial charge in [0, 0.05) is 21.4 Å². The Morgan fingerprint density at radius 1 is 0.889 bits per heavy atom. The first-order chi connectivity index (χ1) is 8.81. The number of pyridine rings is 1. The van der Waals surface area contributed by atoms with E-state index >= 15 is 0 Å². The summed E-state index contributed by atoms with van der Waals surface area (Å²) >= 11 is 1.59. The number of hydrogen-bond donors (Lipinski definition) is 1. The van der Waals surface area contributed by atoms with Crippen molar-refractivity contribution in [2.24, 2.45) is 0 Å². The van der Waals surface area contributed by atoms with Crippen molar-refractivity contribution in [2.45, 2.75) is 9.79 Å². The van der Waals surface area contributed by atoms with Gasteiger partial charge in [-0.1, -0.05) is 36.0 Å². The van der Waals surface area contributed by atoms with E-state index in [1.165, 1.54) is 0 Å². The number of phenols is 1. The minimum atomic E-state index is 0.286. The summed E-state index contributed by atoms with van der Waals surface area (Å²) in [6.45, 7) is 0. The molecule has 0 saturated carbocycles. The maximum Gasteiger partial charge on any atom is 0.116 e. The summed E-state index contributed by atoms with van der Waals surface area (Å²) in [4.78, 5) is 6.49. The van der Waals surface area contributed by atoms with E-state index in [-0.39, 0.29) is 5.75 Å². The normalized spacial score (nSPS) is 10.7. The molecule has 0 atom stereocenters. The molecule has 2 nitrogen and oxygen atoms in total. The number of phenolic OH excluding ortho intramolecular Hbond substituents is 1. The Kier molecular flexibility index (Phi) is 2.90. The first-order valence-electron chi connectivity index (χ1n) is 5.63. The summed E-state index contributed by atoms with van der Waals surface area (Å²) < 4.78 is 0. The molecule has 0 saturated heterocycles. The number of hydrogen-bond acceptors (Lipinski definition) is 3. The molecule has 3 aromatic rings. The van der Waals surface area contributed by atoms with Crippen molar-refractivity contribution >= 4 is 22.7 Å². The predicted molar refractivity (Wildman–Crippen MR) is 74.0 cm³/mol. The van der Waals surface area contributed by atoms with Crippen molar-refractivity contribution in [3.8, 4) is 5.75 Å². The zero-order valence-corrected chi connectivity index (χ0v) is 10.4. The minimum Gasteiger partial charge on any atom is -0.508 e. The van der Waals surface area contributed by atoms with Crippen molar-refractivity contribution in [3.05, 3.63) is 60.8 Å². The highest BCUT2D eigenvalue weighted by Gasteiger charge is 2.01. The summed E-state index contributed by atoms with van der Waals surface area (Å²) in [5, 5.41) is 10.6. The number of nitrogens with zero attached hydrogens (tertiary/aromatic N) is 1. The number of rotatable bonds is 2. The van der Waals surface area contributed by atoms with Crippen molar-refractivity contribution in [3.63, 3.8) is 0 Å². The Bertz CT molecular complexity index is 697. The molecule has 0 aliphatic carbocycles. The van der Waals surface area contributed by atoms with E-state index in [2.05, 4.69) is 17.1 Å². The molecule has 1 heterocycles. The Labute approximate surface area is 109 Å². The van der Waals surface area contributed by atoms with Gasteiger partial charge in [-0.3, -0.25) is 4.98 Å². The molecule has 0 spiro atoms. The fraction of sp³-hybridized carbons (Fsp3) is 0. The Morgan fingerprint density at radius 3 is 2.67 bits per heavy atom. The second-order valence-electron chi connectivity index (χ2n) is 3.96. The van der Waals surface area contributed by atoms with Gasteiger partial charge in [0.15, 0.2) is 0 Å². The van der Waals surface area contributed by atoms with E-state index in [1.807, 2.05) is 36.5 Å². The van der Waals surface area contributed by atoms with Crippen LogP contribution in [0.15, 0.2) is 70.6 Å². The average Bonchev–Trinajstić information content (AvgIpc) is 2.39. The highest BCUT2D eigenvalue weighted by atomic mass is 32.2. The lowest BCUT2D eigenvalue weighted by atomic mass is 10.2. The summed E-state index contributed by atoms with van der Waals surface area (Å²) in [5.41, 5.74) is 0.998. The Morgan fingerprint density at radius 2 is 1.78 bits per heavy atom. The van der Waals surface area contributed by atoms with E-state index in [0.29, 0.717) is 0 Å². The van der Waals surface area contributed by atoms with Crippen LogP contribution in [0.4, 0.5) is 0 Å². The maximum absolute atomic E-state index is 9.43. The van der Waals surface area contributed by atoms with Crippen LogP contribution in [0.3, 0.4) is 0 Å². The third-order valence-corrected chi connectivity index (χ3v) is 3.57. The van der Waals surface area contributed by atoms with Gasteiger partial charge in [-0.05, 0) is 30.3 Å². The molecular formula is C15H11NOS. The molecule has 0 unspecified atom stereocenters. The maximum atomic E-state index is 9.43. The van der Waals surface area contributed by atoms with E-state index in [9.17, 15) is 5.11 Å². The average molecular weight is 253 g/mol. The van der Waals surface area contributed by atoms with E-state index in [1.54, 1.807) is 23.9 Å². The Hall–Kier alpha value is -2.00. The van der Waals surface area contributed by atoms with Gasteiger partial charge in [0.2, 0.25) is 0 Å². The molecule has 0 amide bonds. The van der Waals surface area contributed by atoms with Gasteiger partial charge in [0.05, 0.1) is 5.52 Å². The van der Waals surface area contributed by atoms with Crippen molar-refractivity contribution in [1.29, 1.82) is 0 Å². The lowest BCUT2D eigenvalue weighted by Crippen LogP contribution is -1.80. The van der Waals surface area contributed by atoms with Crippen LogP contribution in [0.2, 0.25) is 0 Å². The molecule has 0 bridgehead atoms. The van der Waals surface area contributed by atoms with Gasteiger partial charge >= 0.3 is 0 Å². The third-order valence-electron chi connectivity index (χ3n) is 2.62. The third kappa shape index (κ3) is 2.31. The highest BCUT2D eigenvalue weighted by molar-refractivity contribution is 7.99. The van der Waals surface area contributed by atoms with Gasteiger partial charge in [-0.15, -0.1) is 0 Å². The summed E-state index contributed by atoms with van der Waals surface area (Å²) in [7, 11) is 0. The monoisotopic (exact) mass is 253 g/mol. The number of para-hydroxylation sites is 1. The van der Waals surface area contributed by atoms with E-state index < -0.39 is 0 Å². The second-order valence-corrected chi connectivity index (χ2v) is 5.11. The largest absolute Gasteiger partial charge is 0.508 e. The van der Waals surface area contributed by atoms with Crippen LogP contribution in [-0.4, -0.2) is 10.1 Å². The van der Waals surface area contributed by atoms with Crippen molar-refractivity contribution in [2.75, 3.05) is 0 Å². The smallest absolute Gasteiger partial charge is 0.116 e. The van der Waals surface area contributed by atoms with Crippen LogP contribution in [0, 0.1) is 0 Å². The van der Waals surface area contributed by atoms with Crippen LogP contribution >= 0.6 is 11.8 Å². The van der Waals surface area contributed by atoms with Gasteiger partial charge in [-0.25, -0.2) is 0 Å². The first kappa shape index (κ1) is 11.1. The molecule has 0 fully saturated rings. The minimum absolute atomic E-state index is 0.286. The topological polar surface area (TPSA) is 33.1 Å². The van der Waals surface area contributed by atoms with Crippen LogP contribution in [0.5, 0.6) is 5.75 Å². The lowest BCUT2D eigenvalue weighted by Gasteiger charge is -2.03. The quantitative estimate of drug-likeness (QED) is 0.746. The molecule has 0 aliphatic rings. The molecule has 0 radical (unpaired) electrons.